The molecule has 0 amide bonds. The molecule has 0 fully saturated rings. The van der Waals surface area contributed by atoms with E-state index in [9.17, 15) is 0 Å². The average molecular weight is 492 g/mol. The minimum Gasteiger partial charge on any atom is -1.00 e. The van der Waals surface area contributed by atoms with Crippen LogP contribution in [0.3, 0.4) is 0 Å². The minimum atomic E-state index is 0. The van der Waals surface area contributed by atoms with Gasteiger partial charge in [0.15, 0.2) is 0 Å². The predicted molar refractivity (Wildman–Crippen MR) is 95.5 cm³/mol. The molecule has 1 nitrogen and oxygen atoms in total. The fourth-order valence-electron chi connectivity index (χ4n) is 2.29. The van der Waals surface area contributed by atoms with Crippen molar-refractivity contribution in [2.24, 2.45) is 0 Å². The van der Waals surface area contributed by atoms with E-state index in [0.717, 1.165) is 26.4 Å². The summed E-state index contributed by atoms with van der Waals surface area (Å²) >= 11 is 8.96. The molecule has 0 aliphatic carbocycles. The van der Waals surface area contributed by atoms with Crippen molar-refractivity contribution in [3.05, 3.63) is 44.8 Å². The Labute approximate surface area is 155 Å². The second-order valence-electron chi connectivity index (χ2n) is 4.84. The molecule has 0 saturated carbocycles. The lowest BCUT2D eigenvalue weighted by molar-refractivity contribution is -0.00000372. The third kappa shape index (κ3) is 3.81. The standard InChI is InChI=1S/C16H14Br2NS.BrH/c1-2-3-4-10-7-12(18)9-15-16(10)19-13-6-5-11(17)8-14(13)20-15;/h5-9H,2-4H2,1H3;1H/q+1;/p-1. The van der Waals surface area contributed by atoms with Crippen LogP contribution >= 0.6 is 43.2 Å². The molecule has 3 aromatic rings. The van der Waals surface area contributed by atoms with Gasteiger partial charge in [0.25, 0.3) is 9.40 Å². The van der Waals surface area contributed by atoms with Gasteiger partial charge in [-0.25, -0.2) is 4.98 Å². The smallest absolute Gasteiger partial charge is 0.258 e. The lowest BCUT2D eigenvalue weighted by atomic mass is 10.1. The van der Waals surface area contributed by atoms with E-state index in [1.165, 1.54) is 27.8 Å². The van der Waals surface area contributed by atoms with Gasteiger partial charge >= 0.3 is 0 Å². The molecule has 1 heterocycles. The number of halogens is 3. The highest BCUT2D eigenvalue weighted by Crippen LogP contribution is 2.32. The molecule has 5 heteroatoms. The molecule has 0 radical (unpaired) electrons. The van der Waals surface area contributed by atoms with Crippen LogP contribution in [-0.2, 0) is 6.42 Å². The summed E-state index contributed by atoms with van der Waals surface area (Å²) in [4.78, 5) is 4.88. The Bertz CT molecular complexity index is 789. The van der Waals surface area contributed by atoms with Gasteiger partial charge < -0.3 is 17.0 Å². The van der Waals surface area contributed by atoms with E-state index in [-0.39, 0.29) is 17.0 Å². The summed E-state index contributed by atoms with van der Waals surface area (Å²) in [6.07, 6.45) is 3.50. The number of hydrogen-bond donors (Lipinski definition) is 0. The zero-order chi connectivity index (χ0) is 14.1. The fraction of sp³-hybridized carbons (Fsp3) is 0.250. The summed E-state index contributed by atoms with van der Waals surface area (Å²) in [5.74, 6) is 0. The Morgan fingerprint density at radius 3 is 2.57 bits per heavy atom. The van der Waals surface area contributed by atoms with Gasteiger partial charge in [0, 0.05) is 21.1 Å². The van der Waals surface area contributed by atoms with Gasteiger partial charge in [-0.05, 0) is 36.6 Å². The molecule has 0 spiro atoms. The summed E-state index contributed by atoms with van der Waals surface area (Å²) in [7, 11) is 0. The highest BCUT2D eigenvalue weighted by atomic mass is 79.9. The van der Waals surface area contributed by atoms with Gasteiger partial charge in [0.1, 0.15) is 11.0 Å². The summed E-state index contributed by atoms with van der Waals surface area (Å²) in [5, 5.41) is 0. The Hall–Kier alpha value is -0.100. The molecule has 1 aromatic heterocycles. The van der Waals surface area contributed by atoms with Crippen LogP contribution in [0.5, 0.6) is 0 Å². The Balaban J connectivity index is 0.00000161. The van der Waals surface area contributed by atoms with Crippen molar-refractivity contribution in [2.45, 2.75) is 26.2 Å². The maximum atomic E-state index is 4.88. The zero-order valence-electron chi connectivity index (χ0n) is 11.5. The quantitative estimate of drug-likeness (QED) is 0.403. The SMILES string of the molecule is CCCCc1cc(Br)cc2[s+]c3cc(Br)ccc3nc12.[Br-]. The molecular formula is C16H14Br3NS. The highest BCUT2D eigenvalue weighted by molar-refractivity contribution is 9.10. The molecule has 0 saturated heterocycles. The summed E-state index contributed by atoms with van der Waals surface area (Å²) in [6, 6.07) is 10.7. The maximum Gasteiger partial charge on any atom is 0.258 e. The Morgan fingerprint density at radius 1 is 1.05 bits per heavy atom. The first-order valence-corrected chi connectivity index (χ1v) is 9.09. The Kier molecular flexibility index (Phi) is 6.12. The first kappa shape index (κ1) is 17.3. The number of aryl methyl sites for hydroxylation is 1. The molecule has 110 valence electrons. The molecule has 0 unspecified atom stereocenters. The largest absolute Gasteiger partial charge is 1.00 e. The second-order valence-corrected chi connectivity index (χ2v) is 7.76. The van der Waals surface area contributed by atoms with Crippen LogP contribution in [0.15, 0.2) is 39.3 Å². The molecular weight excluding hydrogens is 478 g/mol. The monoisotopic (exact) mass is 489 g/mol. The van der Waals surface area contributed by atoms with Gasteiger partial charge in [-0.3, -0.25) is 0 Å². The van der Waals surface area contributed by atoms with E-state index >= 15 is 0 Å². The van der Waals surface area contributed by atoms with E-state index in [4.69, 9.17) is 4.98 Å². The van der Waals surface area contributed by atoms with Crippen molar-refractivity contribution >= 4 is 63.6 Å². The minimum absolute atomic E-state index is 0. The van der Waals surface area contributed by atoms with Crippen molar-refractivity contribution in [2.75, 3.05) is 0 Å². The van der Waals surface area contributed by atoms with Crippen LogP contribution in [-0.4, -0.2) is 4.98 Å². The number of rotatable bonds is 3. The van der Waals surface area contributed by atoms with Crippen LogP contribution in [0.25, 0.3) is 20.4 Å². The number of benzene rings is 2. The van der Waals surface area contributed by atoms with E-state index in [1.807, 2.05) is 0 Å². The number of unbranched alkanes of at least 4 members (excludes halogenated alkanes) is 1. The van der Waals surface area contributed by atoms with E-state index in [1.54, 1.807) is 11.3 Å². The molecule has 0 bridgehead atoms. The van der Waals surface area contributed by atoms with Crippen LogP contribution in [0.4, 0.5) is 0 Å². The summed E-state index contributed by atoms with van der Waals surface area (Å²) in [6.45, 7) is 2.23. The van der Waals surface area contributed by atoms with Crippen molar-refractivity contribution in [3.8, 4) is 0 Å². The van der Waals surface area contributed by atoms with E-state index in [2.05, 4.69) is 69.1 Å². The van der Waals surface area contributed by atoms with E-state index < -0.39 is 0 Å². The van der Waals surface area contributed by atoms with Crippen LogP contribution in [0.1, 0.15) is 25.3 Å². The lowest BCUT2D eigenvalue weighted by Gasteiger charge is -2.03. The van der Waals surface area contributed by atoms with Gasteiger partial charge in [0.05, 0.1) is 0 Å². The normalized spacial score (nSPS) is 10.8. The molecule has 0 aliphatic heterocycles. The highest BCUT2D eigenvalue weighted by Gasteiger charge is 2.16. The Morgan fingerprint density at radius 2 is 1.81 bits per heavy atom. The van der Waals surface area contributed by atoms with Gasteiger partial charge in [-0.15, -0.1) is 0 Å². The number of aromatic nitrogens is 1. The van der Waals surface area contributed by atoms with E-state index in [0.29, 0.717) is 0 Å². The molecule has 3 rings (SSSR count). The van der Waals surface area contributed by atoms with Crippen molar-refractivity contribution < 1.29 is 17.0 Å². The first-order chi connectivity index (χ1) is 9.67. The topological polar surface area (TPSA) is 12.9 Å². The number of hydrogen-bond acceptors (Lipinski definition) is 1. The molecule has 21 heavy (non-hydrogen) atoms. The van der Waals surface area contributed by atoms with Crippen molar-refractivity contribution in [1.29, 1.82) is 0 Å². The predicted octanol–water partition coefficient (Wildman–Crippen LogP) is 3.60. The third-order valence-electron chi connectivity index (χ3n) is 3.29. The maximum absolute atomic E-state index is 4.88. The number of fused-ring (bicyclic) bond motifs is 2. The lowest BCUT2D eigenvalue weighted by Crippen LogP contribution is -3.00. The van der Waals surface area contributed by atoms with Crippen LogP contribution < -0.4 is 17.0 Å². The summed E-state index contributed by atoms with van der Waals surface area (Å²) in [5.41, 5.74) is 3.57. The summed E-state index contributed by atoms with van der Waals surface area (Å²) < 4.78 is 4.70. The molecule has 0 N–H and O–H groups in total. The fourth-order valence-corrected chi connectivity index (χ4v) is 4.56. The van der Waals surface area contributed by atoms with Gasteiger partial charge in [-0.1, -0.05) is 45.2 Å². The molecule has 0 atom stereocenters. The van der Waals surface area contributed by atoms with Crippen molar-refractivity contribution in [3.63, 3.8) is 0 Å². The second kappa shape index (κ2) is 7.44. The van der Waals surface area contributed by atoms with Crippen molar-refractivity contribution in [1.82, 2.24) is 4.98 Å². The molecule has 2 aromatic carbocycles. The average Bonchev–Trinajstić information content (AvgIpc) is 2.42. The van der Waals surface area contributed by atoms with Gasteiger partial charge in [-0.2, -0.15) is 0 Å². The van der Waals surface area contributed by atoms with Crippen LogP contribution in [0, 0.1) is 0 Å². The van der Waals surface area contributed by atoms with Crippen LogP contribution in [0.2, 0.25) is 0 Å². The molecule has 0 aliphatic rings. The zero-order valence-corrected chi connectivity index (χ0v) is 17.1. The first-order valence-electron chi connectivity index (χ1n) is 6.69. The number of nitrogens with zero attached hydrogens (tertiary/aromatic N) is 1. The third-order valence-corrected chi connectivity index (χ3v) is 5.32. The van der Waals surface area contributed by atoms with Gasteiger partial charge in [0.2, 0.25) is 11.3 Å².